The van der Waals surface area contributed by atoms with Crippen molar-refractivity contribution in [2.24, 2.45) is 0 Å². The van der Waals surface area contributed by atoms with Gasteiger partial charge in [0.25, 0.3) is 0 Å². The van der Waals surface area contributed by atoms with Crippen LogP contribution in [0.15, 0.2) is 42.7 Å². The Morgan fingerprint density at radius 2 is 1.82 bits per heavy atom. The molecule has 1 heterocycles. The molecule has 0 unspecified atom stereocenters. The van der Waals surface area contributed by atoms with Crippen LogP contribution in [0, 0.1) is 53.6 Å². The van der Waals surface area contributed by atoms with Crippen LogP contribution in [-0.2, 0) is 0 Å². The van der Waals surface area contributed by atoms with Crippen LogP contribution in [0.2, 0.25) is 0 Å². The third-order valence-electron chi connectivity index (χ3n) is 2.41. The maximum absolute atomic E-state index is 8.06. The SMILES string of the molecule is Cc1ccc([NH-])c(C(=N)c2ccncc2)c1.[Pr]. The molecule has 83 valence electrons. The minimum atomic E-state index is 0. The molecule has 2 N–H and O–H groups in total. The summed E-state index contributed by atoms with van der Waals surface area (Å²) in [7, 11) is 0. The quantitative estimate of drug-likeness (QED) is 0.828. The second kappa shape index (κ2) is 6.22. The first-order valence-electron chi connectivity index (χ1n) is 5.00. The Morgan fingerprint density at radius 1 is 1.18 bits per heavy atom. The zero-order valence-corrected chi connectivity index (χ0v) is 13.3. The summed E-state index contributed by atoms with van der Waals surface area (Å²) >= 11 is 0. The zero-order valence-electron chi connectivity index (χ0n) is 9.57. The van der Waals surface area contributed by atoms with Gasteiger partial charge in [-0.25, -0.2) is 0 Å². The fourth-order valence-electron chi connectivity index (χ4n) is 1.54. The molecule has 1 aromatic carbocycles. The number of hydrogen-bond acceptors (Lipinski definition) is 2. The molecular weight excluding hydrogens is 339 g/mol. The Bertz CT molecular complexity index is 523. The number of rotatable bonds is 2. The molecule has 0 aliphatic carbocycles. The molecule has 0 amide bonds. The second-order valence-corrected chi connectivity index (χ2v) is 3.66. The summed E-state index contributed by atoms with van der Waals surface area (Å²) in [5.41, 5.74) is 11.0. The van der Waals surface area contributed by atoms with Crippen molar-refractivity contribution in [3.05, 3.63) is 65.1 Å². The van der Waals surface area contributed by atoms with Crippen molar-refractivity contribution in [3.63, 3.8) is 0 Å². The van der Waals surface area contributed by atoms with Gasteiger partial charge in [0.05, 0.1) is 5.71 Å². The first-order chi connectivity index (χ1) is 7.68. The fraction of sp³-hybridized carbons (Fsp3) is 0.0769. The second-order valence-electron chi connectivity index (χ2n) is 3.66. The summed E-state index contributed by atoms with van der Waals surface area (Å²) in [5, 5.41) is 8.06. The molecule has 0 aliphatic rings. The van der Waals surface area contributed by atoms with E-state index in [4.69, 9.17) is 11.1 Å². The molecule has 1 aromatic heterocycles. The molecule has 0 saturated heterocycles. The molecule has 0 fully saturated rings. The molecule has 2 aromatic rings. The number of pyridine rings is 1. The van der Waals surface area contributed by atoms with E-state index < -0.39 is 0 Å². The number of aromatic nitrogens is 1. The molecule has 17 heavy (non-hydrogen) atoms. The molecule has 2 rings (SSSR count). The Morgan fingerprint density at radius 3 is 2.47 bits per heavy atom. The van der Waals surface area contributed by atoms with Crippen LogP contribution in [0.4, 0.5) is 5.69 Å². The summed E-state index contributed by atoms with van der Waals surface area (Å²) in [6.45, 7) is 1.96. The number of nitrogens with zero attached hydrogens (tertiary/aromatic N) is 1. The third kappa shape index (κ3) is 3.33. The van der Waals surface area contributed by atoms with Gasteiger partial charge in [-0.05, 0) is 24.6 Å². The first kappa shape index (κ1) is 14.3. The Kier molecular flexibility index (Phi) is 5.22. The van der Waals surface area contributed by atoms with Gasteiger partial charge in [0, 0.05) is 59.2 Å². The first-order valence-corrected chi connectivity index (χ1v) is 5.00. The normalized spacial score (nSPS) is 9.47. The number of aryl methyl sites for hydroxylation is 1. The van der Waals surface area contributed by atoms with Gasteiger partial charge in [-0.15, -0.1) is 5.69 Å². The fourth-order valence-corrected chi connectivity index (χ4v) is 1.54. The largest absolute Gasteiger partial charge is 0.698 e. The maximum atomic E-state index is 8.06. The van der Waals surface area contributed by atoms with Crippen molar-refractivity contribution >= 4 is 11.4 Å². The van der Waals surface area contributed by atoms with E-state index in [9.17, 15) is 0 Å². The van der Waals surface area contributed by atoms with Crippen LogP contribution in [0.25, 0.3) is 5.73 Å². The van der Waals surface area contributed by atoms with E-state index in [1.807, 2.05) is 19.1 Å². The van der Waals surface area contributed by atoms with Crippen molar-refractivity contribution in [2.45, 2.75) is 6.92 Å². The molecule has 0 spiro atoms. The summed E-state index contributed by atoms with van der Waals surface area (Å²) in [6, 6.07) is 9.03. The van der Waals surface area contributed by atoms with Gasteiger partial charge in [-0.2, -0.15) is 0 Å². The molecule has 0 saturated carbocycles. The monoisotopic (exact) mass is 351 g/mol. The third-order valence-corrected chi connectivity index (χ3v) is 2.41. The standard InChI is InChI=1S/C13H12N3.Pr/c1-9-2-3-12(14)11(8-9)13(15)10-4-6-16-7-5-10;/h2-8,14-15H,1H3;/q-1;. The van der Waals surface area contributed by atoms with Crippen molar-refractivity contribution in [1.29, 1.82) is 5.41 Å². The van der Waals surface area contributed by atoms with E-state index in [-0.39, 0.29) is 41.3 Å². The van der Waals surface area contributed by atoms with E-state index in [0.29, 0.717) is 17.0 Å². The molecule has 0 atom stereocenters. The van der Waals surface area contributed by atoms with Crippen molar-refractivity contribution in [1.82, 2.24) is 4.98 Å². The average molecular weight is 351 g/mol. The summed E-state index contributed by atoms with van der Waals surface area (Å²) in [6.07, 6.45) is 3.31. The Labute approximate surface area is 134 Å². The van der Waals surface area contributed by atoms with E-state index in [2.05, 4.69) is 4.98 Å². The summed E-state index contributed by atoms with van der Waals surface area (Å²) in [4.78, 5) is 3.92. The van der Waals surface area contributed by atoms with E-state index in [1.54, 1.807) is 30.6 Å². The number of benzene rings is 1. The molecule has 0 aliphatic heterocycles. The van der Waals surface area contributed by atoms with Crippen molar-refractivity contribution < 1.29 is 41.3 Å². The van der Waals surface area contributed by atoms with Crippen LogP contribution < -0.4 is 0 Å². The van der Waals surface area contributed by atoms with Gasteiger partial charge in [-0.3, -0.25) is 10.4 Å². The molecule has 1 radical (unpaired) electrons. The minimum absolute atomic E-state index is 0. The number of nitrogens with one attached hydrogen (secondary N) is 2. The minimum Gasteiger partial charge on any atom is -0.698 e. The summed E-state index contributed by atoms with van der Waals surface area (Å²) < 4.78 is 0. The average Bonchev–Trinajstić information content (AvgIpc) is 2.32. The summed E-state index contributed by atoms with van der Waals surface area (Å²) in [5.74, 6) is 0. The molecule has 0 bridgehead atoms. The van der Waals surface area contributed by atoms with Gasteiger partial charge in [0.2, 0.25) is 0 Å². The van der Waals surface area contributed by atoms with Gasteiger partial charge < -0.3 is 5.73 Å². The topological polar surface area (TPSA) is 60.5 Å². The predicted octanol–water partition coefficient (Wildman–Crippen LogP) is 3.49. The van der Waals surface area contributed by atoms with Gasteiger partial charge >= 0.3 is 0 Å². The van der Waals surface area contributed by atoms with Crippen LogP contribution in [-0.4, -0.2) is 10.7 Å². The van der Waals surface area contributed by atoms with Crippen LogP contribution in [0.1, 0.15) is 16.7 Å². The molecular formula is C13H12N3Pr-. The van der Waals surface area contributed by atoms with E-state index in [0.717, 1.165) is 11.1 Å². The van der Waals surface area contributed by atoms with E-state index in [1.165, 1.54) is 0 Å². The number of hydrogen-bond donors (Lipinski definition) is 1. The van der Waals surface area contributed by atoms with Crippen molar-refractivity contribution in [2.75, 3.05) is 0 Å². The van der Waals surface area contributed by atoms with Crippen molar-refractivity contribution in [3.8, 4) is 0 Å². The molecule has 4 heteroatoms. The van der Waals surface area contributed by atoms with Crippen LogP contribution in [0.3, 0.4) is 0 Å². The zero-order chi connectivity index (χ0) is 11.5. The van der Waals surface area contributed by atoms with Gasteiger partial charge in [0.1, 0.15) is 0 Å². The van der Waals surface area contributed by atoms with E-state index >= 15 is 0 Å². The van der Waals surface area contributed by atoms with Gasteiger partial charge in [-0.1, -0.05) is 23.8 Å². The Balaban J connectivity index is 0.00000144. The Hall–Kier alpha value is -0.796. The maximum Gasteiger partial charge on any atom is 0.0673 e. The van der Waals surface area contributed by atoms with Crippen LogP contribution in [0.5, 0.6) is 0 Å². The van der Waals surface area contributed by atoms with Gasteiger partial charge in [0.15, 0.2) is 0 Å². The van der Waals surface area contributed by atoms with Crippen LogP contribution >= 0.6 is 0 Å². The predicted molar refractivity (Wildman–Crippen MR) is 65.3 cm³/mol. The smallest absolute Gasteiger partial charge is 0.0673 e. The molecule has 3 nitrogen and oxygen atoms in total.